The van der Waals surface area contributed by atoms with Crippen molar-refractivity contribution in [3.05, 3.63) is 23.8 Å². The first-order valence-electron chi connectivity index (χ1n) is 5.20. The van der Waals surface area contributed by atoms with Crippen LogP contribution in [-0.2, 0) is 11.2 Å². The van der Waals surface area contributed by atoms with E-state index in [1.807, 2.05) is 0 Å². The molecule has 0 bridgehead atoms. The van der Waals surface area contributed by atoms with Gasteiger partial charge in [0.1, 0.15) is 5.75 Å². The molecule has 8 heteroatoms. The largest absolute Gasteiger partial charge is 1.00 e. The molecule has 1 aromatic carbocycles. The third-order valence-corrected chi connectivity index (χ3v) is 2.41. The molecule has 2 rings (SSSR count). The normalized spacial score (nSPS) is 14.3. The predicted molar refractivity (Wildman–Crippen MR) is 58.0 cm³/mol. The van der Waals surface area contributed by atoms with E-state index in [4.69, 9.17) is 0 Å². The van der Waals surface area contributed by atoms with Gasteiger partial charge in [-0.1, -0.05) is 0 Å². The second-order valence-corrected chi connectivity index (χ2v) is 3.89. The Labute approximate surface area is 145 Å². The summed E-state index contributed by atoms with van der Waals surface area (Å²) in [5, 5.41) is 2.65. The number of carbonyl (C=O) groups is 1. The Bertz CT molecular complexity index is 453. The van der Waals surface area contributed by atoms with Gasteiger partial charge in [-0.05, 0) is 30.2 Å². The van der Waals surface area contributed by atoms with Gasteiger partial charge < -0.3 is 23.0 Å². The number of benzene rings is 1. The second-order valence-electron chi connectivity index (χ2n) is 3.89. The minimum Gasteiger partial charge on any atom is -0.522 e. The van der Waals surface area contributed by atoms with E-state index in [-0.39, 0.29) is 63.0 Å². The van der Waals surface area contributed by atoms with Gasteiger partial charge in [-0.2, -0.15) is 0 Å². The number of hydrogen-bond donors (Lipinski definition) is 1. The Morgan fingerprint density at radius 1 is 1.28 bits per heavy atom. The molecule has 0 aliphatic carbocycles. The molecular formula is C10H10BF3KNO2. The van der Waals surface area contributed by atoms with Gasteiger partial charge in [-0.15, -0.1) is 0 Å². The predicted octanol–water partition coefficient (Wildman–Crippen LogP) is -0.659. The van der Waals surface area contributed by atoms with Gasteiger partial charge in [-0.25, -0.2) is 0 Å². The Morgan fingerprint density at radius 3 is 2.67 bits per heavy atom. The summed E-state index contributed by atoms with van der Waals surface area (Å²) in [7, 11) is 0. The van der Waals surface area contributed by atoms with Crippen molar-refractivity contribution in [1.29, 1.82) is 0 Å². The maximum atomic E-state index is 12.0. The van der Waals surface area contributed by atoms with Crippen LogP contribution >= 0.6 is 0 Å². The maximum absolute atomic E-state index is 12.0. The summed E-state index contributed by atoms with van der Waals surface area (Å²) in [6, 6.07) is 4.52. The van der Waals surface area contributed by atoms with Crippen LogP contribution in [0.5, 0.6) is 5.75 Å². The third-order valence-electron chi connectivity index (χ3n) is 2.41. The number of anilines is 1. The van der Waals surface area contributed by atoms with Crippen molar-refractivity contribution in [2.45, 2.75) is 12.8 Å². The number of ether oxygens (including phenoxy) is 1. The second kappa shape index (κ2) is 6.43. The molecule has 0 saturated carbocycles. The molecule has 1 aliphatic rings. The molecule has 3 nitrogen and oxygen atoms in total. The van der Waals surface area contributed by atoms with Crippen LogP contribution in [0.3, 0.4) is 0 Å². The minimum atomic E-state index is -4.94. The van der Waals surface area contributed by atoms with Crippen molar-refractivity contribution in [3.63, 3.8) is 0 Å². The number of aryl methyl sites for hydroxylation is 1. The summed E-state index contributed by atoms with van der Waals surface area (Å²) in [6.07, 6.45) is 0.870. The van der Waals surface area contributed by atoms with Crippen molar-refractivity contribution in [2.75, 3.05) is 11.8 Å². The van der Waals surface area contributed by atoms with Crippen LogP contribution < -0.4 is 61.4 Å². The number of rotatable bonds is 3. The molecule has 0 atom stereocenters. The molecule has 92 valence electrons. The van der Waals surface area contributed by atoms with Gasteiger partial charge >= 0.3 is 58.4 Å². The minimum absolute atomic E-state index is 0. The Hall–Kier alpha value is -0.0187. The first-order chi connectivity index (χ1) is 7.94. The molecule has 1 aliphatic heterocycles. The molecule has 1 N–H and O–H groups in total. The molecule has 0 unspecified atom stereocenters. The van der Waals surface area contributed by atoms with Crippen LogP contribution in [0.2, 0.25) is 0 Å². The third kappa shape index (κ3) is 4.58. The zero-order valence-corrected chi connectivity index (χ0v) is 13.0. The maximum Gasteiger partial charge on any atom is 1.00 e. The van der Waals surface area contributed by atoms with Crippen molar-refractivity contribution in [1.82, 2.24) is 0 Å². The molecule has 18 heavy (non-hydrogen) atoms. The number of carbonyl (C=O) groups excluding carboxylic acids is 1. The van der Waals surface area contributed by atoms with Gasteiger partial charge in [0.05, 0.1) is 6.51 Å². The van der Waals surface area contributed by atoms with Gasteiger partial charge in [0.2, 0.25) is 5.91 Å². The van der Waals surface area contributed by atoms with E-state index in [0.29, 0.717) is 18.5 Å². The fourth-order valence-electron chi connectivity index (χ4n) is 1.64. The number of nitrogens with one attached hydrogen (secondary N) is 1. The molecule has 0 aromatic heterocycles. The number of halogens is 3. The quantitative estimate of drug-likeness (QED) is 0.748. The smallest absolute Gasteiger partial charge is 0.522 e. The first-order valence-corrected chi connectivity index (χ1v) is 5.20. The molecular weight excluding hydrogens is 273 g/mol. The van der Waals surface area contributed by atoms with E-state index >= 15 is 0 Å². The summed E-state index contributed by atoms with van der Waals surface area (Å²) in [6.45, 7) is -6.19. The number of fused-ring (bicyclic) bond motifs is 1. The van der Waals surface area contributed by atoms with Crippen LogP contribution in [0.1, 0.15) is 12.0 Å². The monoisotopic (exact) mass is 283 g/mol. The SMILES string of the molecule is O=C1CCc2cc(OC[B-](F)(F)F)ccc2N1.[K+]. The average Bonchev–Trinajstić information content (AvgIpc) is 2.25. The van der Waals surface area contributed by atoms with Crippen molar-refractivity contribution in [2.24, 2.45) is 0 Å². The number of amides is 1. The molecule has 0 spiro atoms. The summed E-state index contributed by atoms with van der Waals surface area (Å²) < 4.78 is 40.7. The molecule has 0 saturated heterocycles. The first kappa shape index (κ1) is 16.0. The van der Waals surface area contributed by atoms with E-state index < -0.39 is 13.5 Å². The Morgan fingerprint density at radius 2 is 2.00 bits per heavy atom. The average molecular weight is 283 g/mol. The van der Waals surface area contributed by atoms with Crippen LogP contribution in [0.25, 0.3) is 0 Å². The van der Waals surface area contributed by atoms with Gasteiger partial charge in [0, 0.05) is 12.1 Å². The van der Waals surface area contributed by atoms with Gasteiger partial charge in [0.25, 0.3) is 0 Å². The summed E-state index contributed by atoms with van der Waals surface area (Å²) in [5.74, 6) is 0.101. The molecule has 0 radical (unpaired) electrons. The van der Waals surface area contributed by atoms with Gasteiger partial charge in [0.15, 0.2) is 0 Å². The van der Waals surface area contributed by atoms with Crippen LogP contribution in [0, 0.1) is 0 Å². The van der Waals surface area contributed by atoms with Crippen LogP contribution in [0.15, 0.2) is 18.2 Å². The summed E-state index contributed by atoms with van der Waals surface area (Å²) in [5.41, 5.74) is 1.45. The van der Waals surface area contributed by atoms with Crippen molar-refractivity contribution in [3.8, 4) is 5.75 Å². The Balaban J connectivity index is 0.00000162. The van der Waals surface area contributed by atoms with E-state index in [2.05, 4.69) is 10.1 Å². The topological polar surface area (TPSA) is 38.3 Å². The van der Waals surface area contributed by atoms with Crippen molar-refractivity contribution < 1.29 is 73.9 Å². The van der Waals surface area contributed by atoms with Crippen molar-refractivity contribution >= 4 is 18.6 Å². The van der Waals surface area contributed by atoms with Crippen LogP contribution in [0.4, 0.5) is 18.6 Å². The molecule has 1 amide bonds. The van der Waals surface area contributed by atoms with Gasteiger partial charge in [-0.3, -0.25) is 4.79 Å². The zero-order chi connectivity index (χ0) is 12.5. The Kier molecular flexibility index (Phi) is 5.72. The molecule has 0 fully saturated rings. The molecule has 1 heterocycles. The van der Waals surface area contributed by atoms with E-state index in [0.717, 1.165) is 5.56 Å². The van der Waals surface area contributed by atoms with E-state index in [1.165, 1.54) is 12.1 Å². The summed E-state index contributed by atoms with van der Waals surface area (Å²) >= 11 is 0. The summed E-state index contributed by atoms with van der Waals surface area (Å²) in [4.78, 5) is 11.1. The van der Waals surface area contributed by atoms with E-state index in [1.54, 1.807) is 6.07 Å². The fourth-order valence-corrected chi connectivity index (χ4v) is 1.64. The fraction of sp³-hybridized carbons (Fsp3) is 0.300. The standard InChI is InChI=1S/C10H10BF3NO2.K/c12-11(13,14)6-17-8-2-3-9-7(5-8)1-4-10(16)15-9;/h2-3,5H,1,4,6H2,(H,15,16);/q-1;+1. The molecule has 1 aromatic rings. The number of hydrogen-bond acceptors (Lipinski definition) is 2. The van der Waals surface area contributed by atoms with Crippen LogP contribution in [-0.4, -0.2) is 19.4 Å². The zero-order valence-electron chi connectivity index (χ0n) is 9.88. The van der Waals surface area contributed by atoms with E-state index in [9.17, 15) is 17.7 Å².